The van der Waals surface area contributed by atoms with Gasteiger partial charge in [-0.05, 0) is 45.2 Å². The van der Waals surface area contributed by atoms with Crippen molar-refractivity contribution >= 4 is 12.0 Å². The van der Waals surface area contributed by atoms with Gasteiger partial charge >= 0.3 is 6.09 Å². The average Bonchev–Trinajstić information content (AvgIpc) is 2.36. The van der Waals surface area contributed by atoms with E-state index >= 15 is 0 Å². The Balaban J connectivity index is 2.42. The molecule has 0 radical (unpaired) electrons. The standard InChI is InChI=1S/C17H26N2O3/c1-12(19-13(2)20)15-8-6-14(7-9-15)10-11-18-16(21)22-17(3,4)5/h6-9,12H,10-11H2,1-5H3,(H,18,21)(H,19,20). The molecule has 1 atom stereocenters. The summed E-state index contributed by atoms with van der Waals surface area (Å²) in [6, 6.07) is 7.98. The lowest BCUT2D eigenvalue weighted by Crippen LogP contribution is -2.33. The molecule has 5 nitrogen and oxygen atoms in total. The lowest BCUT2D eigenvalue weighted by Gasteiger charge is -2.19. The van der Waals surface area contributed by atoms with Crippen molar-refractivity contribution in [2.75, 3.05) is 6.54 Å². The molecule has 0 aliphatic rings. The van der Waals surface area contributed by atoms with E-state index in [0.29, 0.717) is 6.54 Å². The summed E-state index contributed by atoms with van der Waals surface area (Å²) in [5, 5.41) is 5.58. The van der Waals surface area contributed by atoms with Gasteiger partial charge in [-0.3, -0.25) is 4.79 Å². The van der Waals surface area contributed by atoms with Crippen molar-refractivity contribution in [3.8, 4) is 0 Å². The van der Waals surface area contributed by atoms with Crippen LogP contribution in [0.5, 0.6) is 0 Å². The largest absolute Gasteiger partial charge is 0.444 e. The Bertz CT molecular complexity index is 504. The molecule has 0 spiro atoms. The van der Waals surface area contributed by atoms with Crippen molar-refractivity contribution in [3.63, 3.8) is 0 Å². The molecule has 1 aromatic rings. The summed E-state index contributed by atoms with van der Waals surface area (Å²) in [5.74, 6) is -0.0434. The molecule has 1 aromatic carbocycles. The zero-order valence-electron chi connectivity index (χ0n) is 14.0. The van der Waals surface area contributed by atoms with E-state index in [2.05, 4.69) is 10.6 Å². The quantitative estimate of drug-likeness (QED) is 0.879. The highest BCUT2D eigenvalue weighted by molar-refractivity contribution is 5.73. The van der Waals surface area contributed by atoms with E-state index < -0.39 is 11.7 Å². The SMILES string of the molecule is CC(=O)NC(C)c1ccc(CCNC(=O)OC(C)(C)C)cc1. The van der Waals surface area contributed by atoms with Crippen LogP contribution >= 0.6 is 0 Å². The number of carbonyl (C=O) groups is 2. The van der Waals surface area contributed by atoms with Crippen LogP contribution in [0, 0.1) is 0 Å². The van der Waals surface area contributed by atoms with Crippen molar-refractivity contribution in [1.29, 1.82) is 0 Å². The highest BCUT2D eigenvalue weighted by Crippen LogP contribution is 2.13. The minimum atomic E-state index is -0.481. The number of alkyl carbamates (subject to hydrolysis) is 1. The van der Waals surface area contributed by atoms with Crippen LogP contribution in [0.3, 0.4) is 0 Å². The van der Waals surface area contributed by atoms with Crippen LogP contribution in [0.2, 0.25) is 0 Å². The fraction of sp³-hybridized carbons (Fsp3) is 0.529. The minimum absolute atomic E-state index is 0.00793. The van der Waals surface area contributed by atoms with Crippen molar-refractivity contribution in [2.24, 2.45) is 0 Å². The summed E-state index contributed by atoms with van der Waals surface area (Å²) in [4.78, 5) is 22.6. The molecule has 0 aliphatic carbocycles. The highest BCUT2D eigenvalue weighted by Gasteiger charge is 2.15. The van der Waals surface area contributed by atoms with Crippen molar-refractivity contribution in [3.05, 3.63) is 35.4 Å². The first-order chi connectivity index (χ1) is 10.2. The molecule has 2 amide bonds. The zero-order valence-corrected chi connectivity index (χ0v) is 14.0. The maximum Gasteiger partial charge on any atom is 0.407 e. The van der Waals surface area contributed by atoms with Gasteiger partial charge in [-0.15, -0.1) is 0 Å². The maximum absolute atomic E-state index is 11.5. The summed E-state index contributed by atoms with van der Waals surface area (Å²) >= 11 is 0. The second-order valence-corrected chi connectivity index (χ2v) is 6.34. The van der Waals surface area contributed by atoms with Gasteiger partial charge in [0.05, 0.1) is 6.04 Å². The predicted octanol–water partition coefficient (Wildman–Crippen LogP) is 2.95. The first-order valence-electron chi connectivity index (χ1n) is 7.50. The Kier molecular flexibility index (Phi) is 6.40. The number of nitrogens with one attached hydrogen (secondary N) is 2. The van der Waals surface area contributed by atoms with Gasteiger partial charge in [-0.1, -0.05) is 24.3 Å². The van der Waals surface area contributed by atoms with E-state index in [1.54, 1.807) is 0 Å². The molecule has 22 heavy (non-hydrogen) atoms. The van der Waals surface area contributed by atoms with E-state index in [4.69, 9.17) is 4.74 Å². The lowest BCUT2D eigenvalue weighted by molar-refractivity contribution is -0.119. The molecule has 0 bridgehead atoms. The second kappa shape index (κ2) is 7.82. The molecule has 1 unspecified atom stereocenters. The third-order valence-corrected chi connectivity index (χ3v) is 2.98. The monoisotopic (exact) mass is 306 g/mol. The van der Waals surface area contributed by atoms with Crippen molar-refractivity contribution < 1.29 is 14.3 Å². The molecule has 0 saturated carbocycles. The second-order valence-electron chi connectivity index (χ2n) is 6.34. The fourth-order valence-electron chi connectivity index (χ4n) is 1.98. The smallest absolute Gasteiger partial charge is 0.407 e. The highest BCUT2D eigenvalue weighted by atomic mass is 16.6. The summed E-state index contributed by atoms with van der Waals surface area (Å²) in [5.41, 5.74) is 1.69. The van der Waals surface area contributed by atoms with E-state index in [-0.39, 0.29) is 11.9 Å². The summed E-state index contributed by atoms with van der Waals surface area (Å²) in [6.07, 6.45) is 0.331. The number of hydrogen-bond acceptors (Lipinski definition) is 3. The van der Waals surface area contributed by atoms with Gasteiger partial charge in [0, 0.05) is 13.5 Å². The van der Waals surface area contributed by atoms with Gasteiger partial charge in [0.1, 0.15) is 5.60 Å². The number of amides is 2. The molecule has 0 aromatic heterocycles. The molecule has 1 rings (SSSR count). The van der Waals surface area contributed by atoms with Crippen LogP contribution in [-0.2, 0) is 16.0 Å². The Labute approximate surface area is 132 Å². The van der Waals surface area contributed by atoms with E-state index in [0.717, 1.165) is 17.5 Å². The molecule has 0 fully saturated rings. The van der Waals surface area contributed by atoms with Gasteiger partial charge < -0.3 is 15.4 Å². The fourth-order valence-corrected chi connectivity index (χ4v) is 1.98. The number of benzene rings is 1. The van der Waals surface area contributed by atoms with E-state index in [1.165, 1.54) is 6.92 Å². The number of ether oxygens (including phenoxy) is 1. The van der Waals surface area contributed by atoms with Gasteiger partial charge in [-0.2, -0.15) is 0 Å². The van der Waals surface area contributed by atoms with Crippen LogP contribution in [0.15, 0.2) is 24.3 Å². The first kappa shape index (κ1) is 18.0. The predicted molar refractivity (Wildman–Crippen MR) is 86.6 cm³/mol. The zero-order chi connectivity index (χ0) is 16.8. The van der Waals surface area contributed by atoms with Gasteiger partial charge in [0.2, 0.25) is 5.91 Å². The minimum Gasteiger partial charge on any atom is -0.444 e. The third-order valence-electron chi connectivity index (χ3n) is 2.98. The number of rotatable bonds is 5. The van der Waals surface area contributed by atoms with Crippen LogP contribution < -0.4 is 10.6 Å². The lowest BCUT2D eigenvalue weighted by atomic mass is 10.0. The van der Waals surface area contributed by atoms with Crippen molar-refractivity contribution in [2.45, 2.75) is 52.7 Å². The Morgan fingerprint density at radius 1 is 1.18 bits per heavy atom. The van der Waals surface area contributed by atoms with Crippen LogP contribution in [0.25, 0.3) is 0 Å². The Morgan fingerprint density at radius 3 is 2.27 bits per heavy atom. The summed E-state index contributed by atoms with van der Waals surface area (Å²) in [6.45, 7) is 9.48. The summed E-state index contributed by atoms with van der Waals surface area (Å²) in [7, 11) is 0. The third kappa shape index (κ3) is 7.11. The molecule has 0 saturated heterocycles. The number of hydrogen-bond donors (Lipinski definition) is 2. The maximum atomic E-state index is 11.5. The topological polar surface area (TPSA) is 67.4 Å². The molecular formula is C17H26N2O3. The molecule has 0 aliphatic heterocycles. The Morgan fingerprint density at radius 2 is 1.77 bits per heavy atom. The van der Waals surface area contributed by atoms with Gasteiger partial charge in [-0.25, -0.2) is 4.79 Å². The first-order valence-corrected chi connectivity index (χ1v) is 7.50. The Hall–Kier alpha value is -2.04. The molecule has 0 heterocycles. The van der Waals surface area contributed by atoms with Crippen LogP contribution in [0.1, 0.15) is 51.8 Å². The van der Waals surface area contributed by atoms with Crippen molar-refractivity contribution in [1.82, 2.24) is 10.6 Å². The molecule has 2 N–H and O–H groups in total. The van der Waals surface area contributed by atoms with Gasteiger partial charge in [0.15, 0.2) is 0 Å². The van der Waals surface area contributed by atoms with Crippen LogP contribution in [0.4, 0.5) is 4.79 Å². The average molecular weight is 306 g/mol. The van der Waals surface area contributed by atoms with Crippen LogP contribution in [-0.4, -0.2) is 24.1 Å². The number of carbonyl (C=O) groups excluding carboxylic acids is 2. The molecule has 5 heteroatoms. The molecular weight excluding hydrogens is 280 g/mol. The molecule has 122 valence electrons. The van der Waals surface area contributed by atoms with Gasteiger partial charge in [0.25, 0.3) is 0 Å². The summed E-state index contributed by atoms with van der Waals surface area (Å²) < 4.78 is 5.17. The van der Waals surface area contributed by atoms with E-state index in [9.17, 15) is 9.59 Å². The van der Waals surface area contributed by atoms with E-state index in [1.807, 2.05) is 52.0 Å². The normalized spacial score (nSPS) is 12.4.